The van der Waals surface area contributed by atoms with E-state index in [4.69, 9.17) is 0 Å². The van der Waals surface area contributed by atoms with Crippen molar-refractivity contribution in [1.82, 2.24) is 25.8 Å². The molecule has 0 aliphatic heterocycles. The number of carbonyl (C=O) groups excluding carboxylic acids is 2. The van der Waals surface area contributed by atoms with Gasteiger partial charge in [0.2, 0.25) is 5.91 Å². The van der Waals surface area contributed by atoms with E-state index in [1.807, 2.05) is 78.2 Å². The van der Waals surface area contributed by atoms with Crippen molar-refractivity contribution < 1.29 is 9.59 Å². The number of hydrazine groups is 1. The zero-order valence-electron chi connectivity index (χ0n) is 18.6. The minimum absolute atomic E-state index is 0.0713. The van der Waals surface area contributed by atoms with Crippen LogP contribution in [0.25, 0.3) is 22.3 Å². The zero-order valence-corrected chi connectivity index (χ0v) is 19.5. The maximum absolute atomic E-state index is 13.0. The Hall–Kier alpha value is -4.43. The van der Waals surface area contributed by atoms with E-state index in [0.717, 1.165) is 11.4 Å². The molecule has 2 N–H and O–H groups in total. The summed E-state index contributed by atoms with van der Waals surface area (Å²) in [6.07, 6.45) is 2.47. The van der Waals surface area contributed by atoms with Crippen LogP contribution in [0.4, 0.5) is 0 Å². The molecular formula is C27H21N5O2S. The van der Waals surface area contributed by atoms with Gasteiger partial charge in [0.25, 0.3) is 5.91 Å². The average molecular weight is 480 g/mol. The van der Waals surface area contributed by atoms with Gasteiger partial charge in [-0.15, -0.1) is 11.3 Å². The van der Waals surface area contributed by atoms with Crippen molar-refractivity contribution in [2.45, 2.75) is 12.8 Å². The first-order valence-corrected chi connectivity index (χ1v) is 11.9. The first-order valence-electron chi connectivity index (χ1n) is 11.0. The number of nitrogens with zero attached hydrogens (tertiary/aromatic N) is 3. The fourth-order valence-corrected chi connectivity index (χ4v) is 4.52. The molecule has 7 nitrogen and oxygen atoms in total. The van der Waals surface area contributed by atoms with Gasteiger partial charge in [-0.05, 0) is 29.8 Å². The van der Waals surface area contributed by atoms with Gasteiger partial charge in [-0.1, -0.05) is 54.6 Å². The number of nitrogens with one attached hydrogen (secondary N) is 2. The molecule has 0 saturated carbocycles. The Morgan fingerprint density at radius 3 is 2.46 bits per heavy atom. The van der Waals surface area contributed by atoms with Gasteiger partial charge in [0.05, 0.1) is 39.6 Å². The number of pyridine rings is 2. The molecule has 0 bridgehead atoms. The van der Waals surface area contributed by atoms with Gasteiger partial charge < -0.3 is 0 Å². The van der Waals surface area contributed by atoms with E-state index in [1.165, 1.54) is 16.9 Å². The number of amides is 2. The molecule has 0 aliphatic carbocycles. The molecule has 0 spiro atoms. The standard InChI is InChI=1S/C27H21N5O2S/c33-25(15-19-17-35-26(29-19)14-18-8-2-1-3-9-18)31-32-27(34)21-16-24(23-12-6-7-13-28-23)30-22-11-5-4-10-20(21)22/h1-13,16-17H,14-15H2,(H,31,33)(H,32,34). The molecule has 0 fully saturated rings. The monoisotopic (exact) mass is 479 g/mol. The normalized spacial score (nSPS) is 10.7. The second-order valence-corrected chi connectivity index (χ2v) is 8.80. The fourth-order valence-electron chi connectivity index (χ4n) is 3.69. The smallest absolute Gasteiger partial charge is 0.270 e. The highest BCUT2D eigenvalue weighted by atomic mass is 32.1. The van der Waals surface area contributed by atoms with E-state index in [0.29, 0.717) is 33.5 Å². The highest BCUT2D eigenvalue weighted by Crippen LogP contribution is 2.23. The first kappa shape index (κ1) is 22.4. The number of thiazole rings is 1. The lowest BCUT2D eigenvalue weighted by molar-refractivity contribution is -0.121. The van der Waals surface area contributed by atoms with E-state index in [-0.39, 0.29) is 12.3 Å². The molecule has 0 aliphatic rings. The number of hydrogen-bond acceptors (Lipinski definition) is 6. The molecule has 172 valence electrons. The van der Waals surface area contributed by atoms with E-state index in [1.54, 1.807) is 12.3 Å². The lowest BCUT2D eigenvalue weighted by Crippen LogP contribution is -2.42. The van der Waals surface area contributed by atoms with Crippen molar-refractivity contribution in [3.05, 3.63) is 112 Å². The van der Waals surface area contributed by atoms with Crippen LogP contribution in [0, 0.1) is 0 Å². The van der Waals surface area contributed by atoms with Crippen molar-refractivity contribution >= 4 is 34.1 Å². The van der Waals surface area contributed by atoms with Crippen molar-refractivity contribution in [3.8, 4) is 11.4 Å². The predicted octanol–water partition coefficient (Wildman–Crippen LogP) is 4.35. The lowest BCUT2D eigenvalue weighted by Gasteiger charge is -2.11. The number of fused-ring (bicyclic) bond motifs is 1. The number of benzene rings is 2. The predicted molar refractivity (Wildman–Crippen MR) is 136 cm³/mol. The molecular weight excluding hydrogens is 458 g/mol. The zero-order chi connectivity index (χ0) is 24.0. The van der Waals surface area contributed by atoms with E-state index in [9.17, 15) is 9.59 Å². The Morgan fingerprint density at radius 1 is 0.829 bits per heavy atom. The molecule has 2 aromatic carbocycles. The molecule has 0 atom stereocenters. The quantitative estimate of drug-likeness (QED) is 0.353. The minimum atomic E-state index is -0.433. The second-order valence-electron chi connectivity index (χ2n) is 7.86. The summed E-state index contributed by atoms with van der Waals surface area (Å²) < 4.78 is 0. The molecule has 5 rings (SSSR count). The topological polar surface area (TPSA) is 96.9 Å². The summed E-state index contributed by atoms with van der Waals surface area (Å²) in [6.45, 7) is 0. The van der Waals surface area contributed by atoms with Gasteiger partial charge >= 0.3 is 0 Å². The molecule has 8 heteroatoms. The van der Waals surface area contributed by atoms with Crippen LogP contribution in [-0.2, 0) is 17.6 Å². The number of para-hydroxylation sites is 1. The van der Waals surface area contributed by atoms with Crippen LogP contribution >= 0.6 is 11.3 Å². The number of rotatable bonds is 6. The lowest BCUT2D eigenvalue weighted by atomic mass is 10.1. The fraction of sp³-hybridized carbons (Fsp3) is 0.0741. The van der Waals surface area contributed by atoms with Crippen LogP contribution in [0.15, 0.2) is 90.4 Å². The summed E-state index contributed by atoms with van der Waals surface area (Å²) in [5.74, 6) is -0.782. The van der Waals surface area contributed by atoms with Gasteiger partial charge in [0.15, 0.2) is 0 Å². The highest BCUT2D eigenvalue weighted by molar-refractivity contribution is 7.09. The summed E-state index contributed by atoms with van der Waals surface area (Å²) in [4.78, 5) is 39.0. The Bertz CT molecular complexity index is 1490. The summed E-state index contributed by atoms with van der Waals surface area (Å²) in [6, 6.07) is 24.6. The van der Waals surface area contributed by atoms with Crippen LogP contribution in [0.3, 0.4) is 0 Å². The van der Waals surface area contributed by atoms with Gasteiger partial charge in [0.1, 0.15) is 0 Å². The van der Waals surface area contributed by atoms with E-state index in [2.05, 4.69) is 25.8 Å². The SMILES string of the molecule is O=C(Cc1csc(Cc2ccccc2)n1)NNC(=O)c1cc(-c2ccccn2)nc2ccccc12. The highest BCUT2D eigenvalue weighted by Gasteiger charge is 2.16. The third kappa shape index (κ3) is 5.39. The molecule has 3 heterocycles. The largest absolute Gasteiger partial charge is 0.273 e. The minimum Gasteiger partial charge on any atom is -0.273 e. The summed E-state index contributed by atoms with van der Waals surface area (Å²) in [5, 5.41) is 3.49. The van der Waals surface area contributed by atoms with Crippen LogP contribution < -0.4 is 10.9 Å². The Morgan fingerprint density at radius 2 is 1.63 bits per heavy atom. The molecule has 0 saturated heterocycles. The van der Waals surface area contributed by atoms with Crippen LogP contribution in [0.2, 0.25) is 0 Å². The Kier molecular flexibility index (Phi) is 6.54. The Labute approximate surface area is 205 Å². The maximum atomic E-state index is 13.0. The van der Waals surface area contributed by atoms with Gasteiger partial charge in [-0.3, -0.25) is 25.4 Å². The summed E-state index contributed by atoms with van der Waals surface area (Å²) in [5.41, 5.74) is 9.16. The van der Waals surface area contributed by atoms with Crippen LogP contribution in [0.5, 0.6) is 0 Å². The Balaban J connectivity index is 1.26. The van der Waals surface area contributed by atoms with Crippen molar-refractivity contribution in [2.75, 3.05) is 0 Å². The second kappa shape index (κ2) is 10.2. The van der Waals surface area contributed by atoms with Crippen molar-refractivity contribution in [2.24, 2.45) is 0 Å². The third-order valence-electron chi connectivity index (χ3n) is 5.34. The summed E-state index contributed by atoms with van der Waals surface area (Å²) in [7, 11) is 0. The van der Waals surface area contributed by atoms with Gasteiger partial charge in [-0.2, -0.15) is 0 Å². The summed E-state index contributed by atoms with van der Waals surface area (Å²) >= 11 is 1.52. The molecule has 3 aromatic heterocycles. The van der Waals surface area contributed by atoms with Crippen LogP contribution in [-0.4, -0.2) is 26.8 Å². The van der Waals surface area contributed by atoms with Gasteiger partial charge in [0, 0.05) is 23.4 Å². The van der Waals surface area contributed by atoms with E-state index >= 15 is 0 Å². The average Bonchev–Trinajstić information content (AvgIpc) is 3.34. The number of hydrogen-bond donors (Lipinski definition) is 2. The van der Waals surface area contributed by atoms with Crippen LogP contribution in [0.1, 0.15) is 26.6 Å². The molecule has 0 radical (unpaired) electrons. The van der Waals surface area contributed by atoms with Crippen molar-refractivity contribution in [3.63, 3.8) is 0 Å². The molecule has 2 amide bonds. The number of aromatic nitrogens is 3. The van der Waals surface area contributed by atoms with Gasteiger partial charge in [-0.25, -0.2) is 9.97 Å². The van der Waals surface area contributed by atoms with E-state index < -0.39 is 5.91 Å². The molecule has 35 heavy (non-hydrogen) atoms. The molecule has 0 unspecified atom stereocenters. The first-order chi connectivity index (χ1) is 17.2. The number of carbonyl (C=O) groups is 2. The molecule has 5 aromatic rings. The van der Waals surface area contributed by atoms with Crippen molar-refractivity contribution in [1.29, 1.82) is 0 Å². The third-order valence-corrected chi connectivity index (χ3v) is 6.24. The maximum Gasteiger partial charge on any atom is 0.270 e.